The summed E-state index contributed by atoms with van der Waals surface area (Å²) in [5, 5.41) is 11.0. The van der Waals surface area contributed by atoms with Gasteiger partial charge in [0.15, 0.2) is 5.75 Å². The molecule has 2 rings (SSSR count). The highest BCUT2D eigenvalue weighted by atomic mass is 16.6. The molecule has 2 atom stereocenters. The molecule has 1 aliphatic rings. The topological polar surface area (TPSA) is 75.9 Å². The monoisotopic (exact) mass is 307 g/mol. The van der Waals surface area contributed by atoms with Crippen molar-refractivity contribution in [2.45, 2.75) is 25.9 Å². The quantitative estimate of drug-likeness (QED) is 0.468. The highest BCUT2D eigenvalue weighted by molar-refractivity contribution is 5.60. The van der Waals surface area contributed by atoms with Gasteiger partial charge in [0.1, 0.15) is 6.29 Å². The van der Waals surface area contributed by atoms with Crippen LogP contribution in [0.25, 0.3) is 0 Å². The van der Waals surface area contributed by atoms with Crippen molar-refractivity contribution < 1.29 is 14.5 Å². The van der Waals surface area contributed by atoms with E-state index in [4.69, 9.17) is 4.74 Å². The van der Waals surface area contributed by atoms with Crippen molar-refractivity contribution in [2.75, 3.05) is 31.6 Å². The van der Waals surface area contributed by atoms with Gasteiger partial charge in [-0.3, -0.25) is 15.0 Å². The molecule has 0 spiro atoms. The Balaban J connectivity index is 2.24. The highest BCUT2D eigenvalue weighted by Crippen LogP contribution is 2.33. The number of piperazine rings is 1. The molecule has 0 saturated carbocycles. The number of aldehydes is 1. The lowest BCUT2D eigenvalue weighted by Crippen LogP contribution is -2.56. The van der Waals surface area contributed by atoms with Crippen LogP contribution >= 0.6 is 0 Å². The summed E-state index contributed by atoms with van der Waals surface area (Å²) in [6.07, 6.45) is 0.924. The van der Waals surface area contributed by atoms with E-state index < -0.39 is 4.92 Å². The number of ether oxygens (including phenoxy) is 1. The lowest BCUT2D eigenvalue weighted by molar-refractivity contribution is -0.385. The summed E-state index contributed by atoms with van der Waals surface area (Å²) >= 11 is 0. The van der Waals surface area contributed by atoms with Crippen LogP contribution in [0, 0.1) is 10.1 Å². The van der Waals surface area contributed by atoms with Crippen LogP contribution in [-0.2, 0) is 4.79 Å². The number of nitro benzene ring substituents is 1. The van der Waals surface area contributed by atoms with E-state index in [9.17, 15) is 14.9 Å². The molecule has 7 nitrogen and oxygen atoms in total. The third-order valence-electron chi connectivity index (χ3n) is 4.12. The minimum absolute atomic E-state index is 0.0356. The number of anilines is 1. The van der Waals surface area contributed by atoms with Gasteiger partial charge in [-0.05, 0) is 19.9 Å². The molecule has 1 heterocycles. The number of benzene rings is 1. The Morgan fingerprint density at radius 3 is 2.68 bits per heavy atom. The van der Waals surface area contributed by atoms with Crippen molar-refractivity contribution in [1.29, 1.82) is 0 Å². The van der Waals surface area contributed by atoms with Gasteiger partial charge >= 0.3 is 5.69 Å². The second kappa shape index (κ2) is 6.74. The molecule has 1 aromatic carbocycles. The average molecular weight is 307 g/mol. The number of rotatable bonds is 5. The van der Waals surface area contributed by atoms with E-state index >= 15 is 0 Å². The van der Waals surface area contributed by atoms with Crippen LogP contribution in [0.15, 0.2) is 18.2 Å². The van der Waals surface area contributed by atoms with E-state index in [-0.39, 0.29) is 23.5 Å². The normalized spacial score (nSPS) is 22.4. The fourth-order valence-corrected chi connectivity index (χ4v) is 2.90. The number of hydrogen-bond acceptors (Lipinski definition) is 6. The van der Waals surface area contributed by atoms with Gasteiger partial charge in [0.25, 0.3) is 0 Å². The number of carbonyl (C=O) groups excluding carboxylic acids is 1. The molecule has 7 heteroatoms. The molecule has 1 aromatic rings. The van der Waals surface area contributed by atoms with Crippen molar-refractivity contribution in [3.05, 3.63) is 28.3 Å². The van der Waals surface area contributed by atoms with E-state index in [0.29, 0.717) is 6.54 Å². The third-order valence-corrected chi connectivity index (χ3v) is 4.12. The molecule has 0 N–H and O–H groups in total. The predicted molar refractivity (Wildman–Crippen MR) is 83.6 cm³/mol. The van der Waals surface area contributed by atoms with Crippen LogP contribution in [0.4, 0.5) is 11.4 Å². The molecular formula is C15H21N3O4. The van der Waals surface area contributed by atoms with Gasteiger partial charge in [-0.2, -0.15) is 0 Å². The maximum Gasteiger partial charge on any atom is 0.311 e. The van der Waals surface area contributed by atoms with Gasteiger partial charge in [-0.25, -0.2) is 0 Å². The molecule has 22 heavy (non-hydrogen) atoms. The van der Waals surface area contributed by atoms with Gasteiger partial charge in [0.2, 0.25) is 0 Å². The third kappa shape index (κ3) is 3.19. The Hall–Kier alpha value is -2.15. The minimum Gasteiger partial charge on any atom is -0.490 e. The van der Waals surface area contributed by atoms with Gasteiger partial charge in [-0.15, -0.1) is 0 Å². The number of hydrogen-bond donors (Lipinski definition) is 0. The minimum atomic E-state index is -0.448. The summed E-state index contributed by atoms with van der Waals surface area (Å²) in [6.45, 7) is 6.13. The first kappa shape index (κ1) is 16.2. The zero-order valence-corrected chi connectivity index (χ0v) is 13.1. The molecule has 1 saturated heterocycles. The van der Waals surface area contributed by atoms with Crippen molar-refractivity contribution in [1.82, 2.24) is 4.90 Å². The lowest BCUT2D eigenvalue weighted by atomic mass is 10.1. The van der Waals surface area contributed by atoms with Crippen LogP contribution in [0.1, 0.15) is 13.8 Å². The molecule has 0 radical (unpaired) electrons. The fraction of sp³-hybridized carbons (Fsp3) is 0.533. The Morgan fingerprint density at radius 1 is 1.36 bits per heavy atom. The first-order valence-electron chi connectivity index (χ1n) is 7.24. The molecule has 0 amide bonds. The molecule has 0 aromatic heterocycles. The average Bonchev–Trinajstić information content (AvgIpc) is 2.50. The van der Waals surface area contributed by atoms with Crippen LogP contribution in [0.3, 0.4) is 0 Å². The molecule has 0 bridgehead atoms. The summed E-state index contributed by atoms with van der Waals surface area (Å²) in [5.74, 6) is 0.262. The van der Waals surface area contributed by atoms with Crippen LogP contribution in [0.5, 0.6) is 5.75 Å². The van der Waals surface area contributed by atoms with Gasteiger partial charge in [-0.1, -0.05) is 0 Å². The molecule has 1 fully saturated rings. The zero-order valence-electron chi connectivity index (χ0n) is 13.1. The standard InChI is InChI=1S/C15H21N3O4/c1-11-10-17(12(2)9-16(11)6-7-19)13-4-5-14(18(20)21)15(8-13)22-3/h4-5,7-8,11-12H,6,9-10H2,1-3H3. The maximum absolute atomic E-state index is 11.0. The Bertz CT molecular complexity index is 564. The molecular weight excluding hydrogens is 286 g/mol. The summed E-state index contributed by atoms with van der Waals surface area (Å²) in [6, 6.07) is 5.38. The fourth-order valence-electron chi connectivity index (χ4n) is 2.90. The van der Waals surface area contributed by atoms with E-state index in [1.807, 2.05) is 0 Å². The maximum atomic E-state index is 11.0. The number of nitrogens with zero attached hydrogens (tertiary/aromatic N) is 3. The first-order valence-corrected chi connectivity index (χ1v) is 7.24. The predicted octanol–water partition coefficient (Wildman–Crippen LogP) is 1.70. The summed E-state index contributed by atoms with van der Waals surface area (Å²) in [7, 11) is 1.43. The molecule has 1 aliphatic heterocycles. The van der Waals surface area contributed by atoms with Crippen molar-refractivity contribution >= 4 is 17.7 Å². The SMILES string of the molecule is COc1cc(N2CC(C)N(CC=O)CC2C)ccc1[N+](=O)[O-]. The Kier molecular flexibility index (Phi) is 4.97. The summed E-state index contributed by atoms with van der Waals surface area (Å²) in [4.78, 5) is 25.6. The zero-order chi connectivity index (χ0) is 16.3. The van der Waals surface area contributed by atoms with Crippen LogP contribution in [-0.4, -0.2) is 54.9 Å². The van der Waals surface area contributed by atoms with Crippen molar-refractivity contribution in [3.8, 4) is 5.75 Å². The summed E-state index contributed by atoms with van der Waals surface area (Å²) < 4.78 is 5.13. The highest BCUT2D eigenvalue weighted by Gasteiger charge is 2.29. The summed E-state index contributed by atoms with van der Waals surface area (Å²) in [5.41, 5.74) is 0.860. The number of carbonyl (C=O) groups is 1. The molecule has 120 valence electrons. The van der Waals surface area contributed by atoms with Gasteiger partial charge in [0, 0.05) is 43.0 Å². The van der Waals surface area contributed by atoms with Gasteiger partial charge in [0.05, 0.1) is 18.6 Å². The van der Waals surface area contributed by atoms with E-state index in [0.717, 1.165) is 25.1 Å². The van der Waals surface area contributed by atoms with Crippen LogP contribution < -0.4 is 9.64 Å². The van der Waals surface area contributed by atoms with Crippen LogP contribution in [0.2, 0.25) is 0 Å². The lowest BCUT2D eigenvalue weighted by Gasteiger charge is -2.44. The second-order valence-corrected chi connectivity index (χ2v) is 5.58. The Morgan fingerprint density at radius 2 is 2.09 bits per heavy atom. The Labute approximate surface area is 129 Å². The second-order valence-electron chi connectivity index (χ2n) is 5.58. The molecule has 2 unspecified atom stereocenters. The van der Waals surface area contributed by atoms with Crippen molar-refractivity contribution in [2.24, 2.45) is 0 Å². The van der Waals surface area contributed by atoms with Gasteiger partial charge < -0.3 is 14.4 Å². The van der Waals surface area contributed by atoms with E-state index in [2.05, 4.69) is 23.6 Å². The smallest absolute Gasteiger partial charge is 0.311 e. The number of nitro groups is 1. The van der Waals surface area contributed by atoms with E-state index in [1.165, 1.54) is 13.2 Å². The van der Waals surface area contributed by atoms with E-state index in [1.54, 1.807) is 12.1 Å². The number of methoxy groups -OCH3 is 1. The van der Waals surface area contributed by atoms with Crippen molar-refractivity contribution in [3.63, 3.8) is 0 Å². The largest absolute Gasteiger partial charge is 0.490 e. The first-order chi connectivity index (χ1) is 10.5. The molecule has 0 aliphatic carbocycles.